The lowest BCUT2D eigenvalue weighted by Crippen LogP contribution is -2.29. The van der Waals surface area contributed by atoms with Crippen molar-refractivity contribution in [1.29, 1.82) is 0 Å². The van der Waals surface area contributed by atoms with Crippen LogP contribution in [0.4, 0.5) is 5.69 Å². The van der Waals surface area contributed by atoms with Crippen LogP contribution >= 0.6 is 23.2 Å². The molecule has 0 radical (unpaired) electrons. The predicted molar refractivity (Wildman–Crippen MR) is 101 cm³/mol. The lowest BCUT2D eigenvalue weighted by atomic mass is 9.77. The maximum absolute atomic E-state index is 11.6. The molecule has 128 valence electrons. The number of anilines is 1. The van der Waals surface area contributed by atoms with Crippen molar-refractivity contribution >= 4 is 34.9 Å². The maximum Gasteiger partial charge on any atom is 0.337 e. The van der Waals surface area contributed by atoms with Gasteiger partial charge in [-0.25, -0.2) is 4.79 Å². The SMILES string of the molecule is COC(=O)c1ccc(C2Nc3c(ccc(Cl)c3Cl)C3C=CCC32)cc1. The highest BCUT2D eigenvalue weighted by Crippen LogP contribution is 2.52. The van der Waals surface area contributed by atoms with Crippen molar-refractivity contribution < 1.29 is 9.53 Å². The number of halogens is 2. The summed E-state index contributed by atoms with van der Waals surface area (Å²) in [5.41, 5.74) is 3.76. The van der Waals surface area contributed by atoms with Gasteiger partial charge in [0, 0.05) is 5.92 Å². The summed E-state index contributed by atoms with van der Waals surface area (Å²) < 4.78 is 4.77. The van der Waals surface area contributed by atoms with Crippen LogP contribution in [-0.2, 0) is 4.74 Å². The quantitative estimate of drug-likeness (QED) is 0.549. The monoisotopic (exact) mass is 373 g/mol. The van der Waals surface area contributed by atoms with Crippen molar-refractivity contribution in [2.45, 2.75) is 18.4 Å². The van der Waals surface area contributed by atoms with Gasteiger partial charge in [-0.3, -0.25) is 0 Å². The number of allylic oxidation sites excluding steroid dienone is 2. The Hall–Kier alpha value is -1.97. The van der Waals surface area contributed by atoms with Gasteiger partial charge < -0.3 is 10.1 Å². The average molecular weight is 374 g/mol. The number of hydrogen-bond acceptors (Lipinski definition) is 3. The van der Waals surface area contributed by atoms with E-state index in [4.69, 9.17) is 27.9 Å². The second kappa shape index (κ2) is 6.40. The van der Waals surface area contributed by atoms with Gasteiger partial charge in [-0.1, -0.05) is 53.6 Å². The van der Waals surface area contributed by atoms with E-state index in [0.29, 0.717) is 27.4 Å². The molecular formula is C20H17Cl2NO2. The normalized spacial score (nSPS) is 23.6. The second-order valence-corrected chi connectivity index (χ2v) is 7.20. The maximum atomic E-state index is 11.6. The molecule has 1 aliphatic heterocycles. The van der Waals surface area contributed by atoms with Gasteiger partial charge in [-0.2, -0.15) is 0 Å². The number of rotatable bonds is 2. The number of methoxy groups -OCH3 is 1. The first kappa shape index (κ1) is 16.5. The first-order chi connectivity index (χ1) is 12.1. The molecule has 0 bridgehead atoms. The highest BCUT2D eigenvalue weighted by atomic mass is 35.5. The summed E-state index contributed by atoms with van der Waals surface area (Å²) in [7, 11) is 1.39. The zero-order chi connectivity index (χ0) is 17.6. The molecule has 0 fully saturated rings. The molecule has 1 aliphatic carbocycles. The fraction of sp³-hybridized carbons (Fsp3) is 0.250. The molecule has 0 saturated carbocycles. The number of carbonyl (C=O) groups excluding carboxylic acids is 1. The highest BCUT2D eigenvalue weighted by Gasteiger charge is 2.38. The molecule has 3 atom stereocenters. The van der Waals surface area contributed by atoms with Crippen molar-refractivity contribution in [3.05, 3.63) is 75.3 Å². The molecule has 25 heavy (non-hydrogen) atoms. The third kappa shape index (κ3) is 2.72. The minimum absolute atomic E-state index is 0.107. The molecule has 2 aliphatic rings. The largest absolute Gasteiger partial charge is 0.465 e. The summed E-state index contributed by atoms with van der Waals surface area (Å²) in [5, 5.41) is 4.70. The zero-order valence-electron chi connectivity index (χ0n) is 13.6. The zero-order valence-corrected chi connectivity index (χ0v) is 15.1. The number of nitrogens with one attached hydrogen (secondary N) is 1. The molecule has 1 heterocycles. The van der Waals surface area contributed by atoms with E-state index in [2.05, 4.69) is 23.5 Å². The highest BCUT2D eigenvalue weighted by molar-refractivity contribution is 6.43. The third-order valence-corrected chi connectivity index (χ3v) is 5.92. The Balaban J connectivity index is 1.73. The van der Waals surface area contributed by atoms with Gasteiger partial charge in [0.25, 0.3) is 0 Å². The minimum atomic E-state index is -0.330. The Morgan fingerprint density at radius 3 is 2.64 bits per heavy atom. The van der Waals surface area contributed by atoms with Gasteiger partial charge in [0.15, 0.2) is 0 Å². The Kier molecular flexibility index (Phi) is 4.22. The molecular weight excluding hydrogens is 357 g/mol. The van der Waals surface area contributed by atoms with Crippen LogP contribution in [0.2, 0.25) is 10.0 Å². The van der Waals surface area contributed by atoms with Crippen LogP contribution in [0, 0.1) is 5.92 Å². The topological polar surface area (TPSA) is 38.3 Å². The van der Waals surface area contributed by atoms with E-state index in [0.717, 1.165) is 17.7 Å². The summed E-state index contributed by atoms with van der Waals surface area (Å²) in [4.78, 5) is 11.6. The summed E-state index contributed by atoms with van der Waals surface area (Å²) >= 11 is 12.7. The van der Waals surface area contributed by atoms with Crippen LogP contribution in [0.1, 0.15) is 39.9 Å². The Bertz CT molecular complexity index is 861. The van der Waals surface area contributed by atoms with Gasteiger partial charge in [-0.15, -0.1) is 0 Å². The van der Waals surface area contributed by atoms with Gasteiger partial charge in [0.1, 0.15) is 0 Å². The van der Waals surface area contributed by atoms with Gasteiger partial charge in [0.2, 0.25) is 0 Å². The van der Waals surface area contributed by atoms with E-state index in [9.17, 15) is 4.79 Å². The van der Waals surface area contributed by atoms with Crippen LogP contribution < -0.4 is 5.32 Å². The van der Waals surface area contributed by atoms with Crippen molar-refractivity contribution in [1.82, 2.24) is 0 Å². The molecule has 0 aromatic heterocycles. The summed E-state index contributed by atoms with van der Waals surface area (Å²) in [6.07, 6.45) is 5.48. The molecule has 3 nitrogen and oxygen atoms in total. The van der Waals surface area contributed by atoms with Crippen LogP contribution in [-0.4, -0.2) is 13.1 Å². The first-order valence-electron chi connectivity index (χ1n) is 8.19. The number of ether oxygens (including phenoxy) is 1. The van der Waals surface area contributed by atoms with E-state index < -0.39 is 0 Å². The lowest BCUT2D eigenvalue weighted by Gasteiger charge is -2.38. The van der Waals surface area contributed by atoms with E-state index in [-0.39, 0.29) is 12.0 Å². The van der Waals surface area contributed by atoms with Crippen molar-refractivity contribution in [3.63, 3.8) is 0 Å². The molecule has 4 rings (SSSR count). The summed E-state index contributed by atoms with van der Waals surface area (Å²) in [5.74, 6) is 0.397. The minimum Gasteiger partial charge on any atom is -0.465 e. The average Bonchev–Trinajstić information content (AvgIpc) is 3.13. The Morgan fingerprint density at radius 2 is 1.92 bits per heavy atom. The smallest absolute Gasteiger partial charge is 0.337 e. The molecule has 0 saturated heterocycles. The summed E-state index contributed by atoms with van der Waals surface area (Å²) in [6, 6.07) is 11.6. The summed E-state index contributed by atoms with van der Waals surface area (Å²) in [6.45, 7) is 0. The van der Waals surface area contributed by atoms with E-state index in [1.165, 1.54) is 12.7 Å². The van der Waals surface area contributed by atoms with Crippen molar-refractivity contribution in [2.24, 2.45) is 5.92 Å². The van der Waals surface area contributed by atoms with Crippen molar-refractivity contribution in [3.8, 4) is 0 Å². The number of benzene rings is 2. The van der Waals surface area contributed by atoms with E-state index >= 15 is 0 Å². The molecule has 2 aromatic carbocycles. The van der Waals surface area contributed by atoms with Crippen LogP contribution in [0.25, 0.3) is 0 Å². The van der Waals surface area contributed by atoms with Crippen LogP contribution in [0.3, 0.4) is 0 Å². The third-order valence-electron chi connectivity index (χ3n) is 5.12. The van der Waals surface area contributed by atoms with Crippen molar-refractivity contribution in [2.75, 3.05) is 12.4 Å². The molecule has 5 heteroatoms. The van der Waals surface area contributed by atoms with Gasteiger partial charge in [-0.05, 0) is 41.7 Å². The van der Waals surface area contributed by atoms with Crippen LogP contribution in [0.5, 0.6) is 0 Å². The number of fused-ring (bicyclic) bond motifs is 3. The molecule has 1 N–H and O–H groups in total. The van der Waals surface area contributed by atoms with Crippen LogP contribution in [0.15, 0.2) is 48.6 Å². The fourth-order valence-electron chi connectivity index (χ4n) is 3.88. The van der Waals surface area contributed by atoms with Gasteiger partial charge >= 0.3 is 5.97 Å². The fourth-order valence-corrected chi connectivity index (χ4v) is 4.26. The number of esters is 1. The number of carbonyl (C=O) groups is 1. The molecule has 0 spiro atoms. The lowest BCUT2D eigenvalue weighted by molar-refractivity contribution is 0.0600. The second-order valence-electron chi connectivity index (χ2n) is 6.41. The Morgan fingerprint density at radius 1 is 1.16 bits per heavy atom. The predicted octanol–water partition coefficient (Wildman–Crippen LogP) is 5.61. The van der Waals surface area contributed by atoms with Gasteiger partial charge in [0.05, 0.1) is 34.4 Å². The molecule has 3 unspecified atom stereocenters. The molecule has 0 amide bonds. The van der Waals surface area contributed by atoms with E-state index in [1.54, 1.807) is 12.1 Å². The standard InChI is InChI=1S/C20H17Cl2NO2/c1-25-20(24)12-7-5-11(6-8-12)18-14-4-2-3-13(14)15-9-10-16(21)17(22)19(15)23-18/h2-3,5-10,13-14,18,23H,4H2,1H3. The van der Waals surface area contributed by atoms with E-state index in [1.807, 2.05) is 18.2 Å². The number of hydrogen-bond donors (Lipinski definition) is 1. The first-order valence-corrected chi connectivity index (χ1v) is 8.95. The Labute approximate surface area is 156 Å². The molecule has 2 aromatic rings.